The molecule has 0 unspecified atom stereocenters. The third-order valence-electron chi connectivity index (χ3n) is 1.35. The summed E-state index contributed by atoms with van der Waals surface area (Å²) in [6, 6.07) is 1.92. The smallest absolute Gasteiger partial charge is 0.0979 e. The van der Waals surface area contributed by atoms with E-state index in [9.17, 15) is 0 Å². The minimum absolute atomic E-state index is 0.480. The van der Waals surface area contributed by atoms with Gasteiger partial charge in [0.15, 0.2) is 0 Å². The Kier molecular flexibility index (Phi) is 5.56. The SMILES string of the molecule is CCCCCC(C#N)=CO. The fraction of sp³-hybridized carbons (Fsp3) is 0.625. The lowest BCUT2D eigenvalue weighted by Crippen LogP contribution is -1.80. The van der Waals surface area contributed by atoms with Crippen molar-refractivity contribution >= 4 is 0 Å². The van der Waals surface area contributed by atoms with Gasteiger partial charge in [-0.15, -0.1) is 0 Å². The number of aliphatic hydroxyl groups is 1. The van der Waals surface area contributed by atoms with Crippen LogP contribution in [0.15, 0.2) is 11.8 Å². The van der Waals surface area contributed by atoms with Crippen LogP contribution in [0.5, 0.6) is 0 Å². The Labute approximate surface area is 61.8 Å². The fourth-order valence-electron chi connectivity index (χ4n) is 0.715. The number of rotatable bonds is 4. The molecule has 2 nitrogen and oxygen atoms in total. The Morgan fingerprint density at radius 3 is 2.70 bits per heavy atom. The molecule has 0 aromatic carbocycles. The third kappa shape index (κ3) is 3.96. The van der Waals surface area contributed by atoms with E-state index in [0.29, 0.717) is 12.0 Å². The van der Waals surface area contributed by atoms with Gasteiger partial charge in [-0.2, -0.15) is 5.26 Å². The van der Waals surface area contributed by atoms with Crippen LogP contribution in [0.3, 0.4) is 0 Å². The van der Waals surface area contributed by atoms with Crippen LogP contribution in [0.4, 0.5) is 0 Å². The average molecular weight is 139 g/mol. The van der Waals surface area contributed by atoms with Crippen molar-refractivity contribution in [1.82, 2.24) is 0 Å². The summed E-state index contributed by atoms with van der Waals surface area (Å²) in [6.07, 6.45) is 4.87. The Balaban J connectivity index is 3.40. The average Bonchev–Trinajstić information content (AvgIpc) is 1.99. The van der Waals surface area contributed by atoms with Gasteiger partial charge in [-0.05, 0) is 12.8 Å². The monoisotopic (exact) mass is 139 g/mol. The van der Waals surface area contributed by atoms with E-state index in [1.165, 1.54) is 0 Å². The topological polar surface area (TPSA) is 44.0 Å². The van der Waals surface area contributed by atoms with Crippen molar-refractivity contribution < 1.29 is 5.11 Å². The molecule has 0 saturated heterocycles. The highest BCUT2D eigenvalue weighted by Crippen LogP contribution is 2.06. The van der Waals surface area contributed by atoms with Gasteiger partial charge in [0.1, 0.15) is 0 Å². The molecule has 0 bridgehead atoms. The second-order valence-electron chi connectivity index (χ2n) is 2.22. The molecule has 0 aliphatic carbocycles. The largest absolute Gasteiger partial charge is 0.515 e. The summed E-state index contributed by atoms with van der Waals surface area (Å²) < 4.78 is 0. The third-order valence-corrected chi connectivity index (χ3v) is 1.35. The van der Waals surface area contributed by atoms with Gasteiger partial charge in [-0.1, -0.05) is 19.8 Å². The number of nitriles is 1. The molecule has 56 valence electrons. The molecule has 2 heteroatoms. The van der Waals surface area contributed by atoms with Crippen molar-refractivity contribution in [3.05, 3.63) is 11.8 Å². The summed E-state index contributed by atoms with van der Waals surface area (Å²) >= 11 is 0. The molecular formula is C8H13NO. The molecule has 1 N–H and O–H groups in total. The van der Waals surface area contributed by atoms with Gasteiger partial charge in [0.25, 0.3) is 0 Å². The summed E-state index contributed by atoms with van der Waals surface area (Å²) in [6.45, 7) is 2.11. The standard InChI is InChI=1S/C8H13NO/c1-2-3-4-5-8(6-9)7-10/h7,10H,2-5H2,1H3. The molecule has 0 amide bonds. The van der Waals surface area contributed by atoms with Crippen molar-refractivity contribution in [2.45, 2.75) is 32.6 Å². The Morgan fingerprint density at radius 2 is 2.30 bits per heavy atom. The lowest BCUT2D eigenvalue weighted by Gasteiger charge is -1.93. The van der Waals surface area contributed by atoms with Crippen molar-refractivity contribution in [1.29, 1.82) is 5.26 Å². The number of hydrogen-bond donors (Lipinski definition) is 1. The van der Waals surface area contributed by atoms with Crippen LogP contribution in [-0.4, -0.2) is 5.11 Å². The molecule has 0 rings (SSSR count). The molecule has 0 saturated carbocycles. The van der Waals surface area contributed by atoms with Gasteiger partial charge >= 0.3 is 0 Å². The van der Waals surface area contributed by atoms with E-state index in [2.05, 4.69) is 6.92 Å². The highest BCUT2D eigenvalue weighted by Gasteiger charge is 1.93. The number of unbranched alkanes of at least 4 members (excludes halogenated alkanes) is 2. The van der Waals surface area contributed by atoms with Gasteiger partial charge in [0.2, 0.25) is 0 Å². The first-order valence-electron chi connectivity index (χ1n) is 3.58. The first kappa shape index (κ1) is 9.03. The number of allylic oxidation sites excluding steroid dienone is 1. The highest BCUT2D eigenvalue weighted by molar-refractivity contribution is 5.17. The zero-order chi connectivity index (χ0) is 7.82. The van der Waals surface area contributed by atoms with Crippen LogP contribution < -0.4 is 0 Å². The first-order chi connectivity index (χ1) is 4.85. The lowest BCUT2D eigenvalue weighted by atomic mass is 10.1. The zero-order valence-corrected chi connectivity index (χ0v) is 6.30. The predicted molar refractivity (Wildman–Crippen MR) is 40.5 cm³/mol. The van der Waals surface area contributed by atoms with Crippen molar-refractivity contribution in [2.24, 2.45) is 0 Å². The van der Waals surface area contributed by atoms with Gasteiger partial charge < -0.3 is 5.11 Å². The summed E-state index contributed by atoms with van der Waals surface area (Å²) in [4.78, 5) is 0. The number of hydrogen-bond acceptors (Lipinski definition) is 2. The van der Waals surface area contributed by atoms with Crippen LogP contribution in [0, 0.1) is 11.3 Å². The maximum absolute atomic E-state index is 8.44. The maximum Gasteiger partial charge on any atom is 0.0979 e. The molecule has 0 aromatic heterocycles. The minimum atomic E-state index is 0.480. The number of nitrogens with zero attached hydrogens (tertiary/aromatic N) is 1. The second-order valence-corrected chi connectivity index (χ2v) is 2.22. The molecule has 0 heterocycles. The zero-order valence-electron chi connectivity index (χ0n) is 6.30. The molecule has 0 aromatic rings. The highest BCUT2D eigenvalue weighted by atomic mass is 16.2. The Bertz CT molecular complexity index is 144. The molecule has 0 atom stereocenters. The molecule has 0 fully saturated rings. The van der Waals surface area contributed by atoms with Gasteiger partial charge in [0.05, 0.1) is 17.9 Å². The van der Waals surface area contributed by atoms with Crippen LogP contribution >= 0.6 is 0 Å². The maximum atomic E-state index is 8.44. The first-order valence-corrected chi connectivity index (χ1v) is 3.58. The van der Waals surface area contributed by atoms with Gasteiger partial charge in [-0.3, -0.25) is 0 Å². The molecule has 0 aliphatic heterocycles. The van der Waals surface area contributed by atoms with E-state index in [-0.39, 0.29) is 0 Å². The Morgan fingerprint density at radius 1 is 1.60 bits per heavy atom. The van der Waals surface area contributed by atoms with E-state index in [4.69, 9.17) is 10.4 Å². The summed E-state index contributed by atoms with van der Waals surface area (Å²) in [7, 11) is 0. The van der Waals surface area contributed by atoms with Crippen molar-refractivity contribution in [3.63, 3.8) is 0 Å². The van der Waals surface area contributed by atoms with Gasteiger partial charge in [-0.25, -0.2) is 0 Å². The van der Waals surface area contributed by atoms with Crippen LogP contribution in [0.1, 0.15) is 32.6 Å². The van der Waals surface area contributed by atoms with E-state index in [1.54, 1.807) is 0 Å². The van der Waals surface area contributed by atoms with Crippen LogP contribution in [0.2, 0.25) is 0 Å². The van der Waals surface area contributed by atoms with E-state index >= 15 is 0 Å². The molecule has 0 spiro atoms. The van der Waals surface area contributed by atoms with E-state index in [0.717, 1.165) is 25.5 Å². The number of aliphatic hydroxyl groups excluding tert-OH is 1. The quantitative estimate of drug-likeness (QED) is 0.369. The minimum Gasteiger partial charge on any atom is -0.515 e. The summed E-state index contributed by atoms with van der Waals surface area (Å²) in [5, 5.41) is 16.8. The predicted octanol–water partition coefficient (Wildman–Crippen LogP) is 2.53. The van der Waals surface area contributed by atoms with Crippen molar-refractivity contribution in [2.75, 3.05) is 0 Å². The van der Waals surface area contributed by atoms with Crippen molar-refractivity contribution in [3.8, 4) is 6.07 Å². The summed E-state index contributed by atoms with van der Waals surface area (Å²) in [5.74, 6) is 0. The van der Waals surface area contributed by atoms with E-state index in [1.807, 2.05) is 6.07 Å². The molecule has 10 heavy (non-hydrogen) atoms. The van der Waals surface area contributed by atoms with Crippen LogP contribution in [0.25, 0.3) is 0 Å². The fourth-order valence-corrected chi connectivity index (χ4v) is 0.715. The normalized spacial score (nSPS) is 11.0. The van der Waals surface area contributed by atoms with E-state index < -0.39 is 0 Å². The van der Waals surface area contributed by atoms with Crippen LogP contribution in [-0.2, 0) is 0 Å². The molecular weight excluding hydrogens is 126 g/mol. The lowest BCUT2D eigenvalue weighted by molar-refractivity contribution is 0.466. The molecule has 0 aliphatic rings. The summed E-state index contributed by atoms with van der Waals surface area (Å²) in [5.41, 5.74) is 0.480. The molecule has 0 radical (unpaired) electrons. The second kappa shape index (κ2) is 6.15. The Hall–Kier alpha value is -0.970. The van der Waals surface area contributed by atoms with Gasteiger partial charge in [0, 0.05) is 0 Å².